The Hall–Kier alpha value is -1.35. The highest BCUT2D eigenvalue weighted by Crippen LogP contribution is 2.13. The summed E-state index contributed by atoms with van der Waals surface area (Å²) in [7, 11) is 0. The topological polar surface area (TPSA) is 49.3 Å². The maximum atomic E-state index is 11.6. The molecule has 1 aromatic rings. The van der Waals surface area contributed by atoms with Crippen LogP contribution in [-0.4, -0.2) is 17.6 Å². The van der Waals surface area contributed by atoms with Gasteiger partial charge in [0.15, 0.2) is 0 Å². The molecule has 3 heteroatoms. The van der Waals surface area contributed by atoms with Crippen molar-refractivity contribution in [3.63, 3.8) is 0 Å². The molecule has 0 unspecified atom stereocenters. The van der Waals surface area contributed by atoms with Gasteiger partial charge in [0.2, 0.25) is 5.91 Å². The number of hydrogen-bond donors (Lipinski definition) is 2. The number of nitrogens with one attached hydrogen (secondary N) is 1. The molecule has 0 aliphatic rings. The number of aliphatic hydroxyl groups excluding tert-OH is 1. The lowest BCUT2D eigenvalue weighted by Crippen LogP contribution is -2.26. The van der Waals surface area contributed by atoms with E-state index in [2.05, 4.69) is 5.32 Å². The predicted octanol–water partition coefficient (Wildman–Crippen LogP) is 2.33. The molecule has 17 heavy (non-hydrogen) atoms. The molecule has 3 nitrogen and oxygen atoms in total. The van der Waals surface area contributed by atoms with Crippen LogP contribution in [0, 0.1) is 6.92 Å². The first-order chi connectivity index (χ1) is 8.13. The van der Waals surface area contributed by atoms with Gasteiger partial charge in [0.05, 0.1) is 6.04 Å². The zero-order chi connectivity index (χ0) is 12.7. The van der Waals surface area contributed by atoms with Crippen molar-refractivity contribution in [2.45, 2.75) is 39.2 Å². The second-order valence-corrected chi connectivity index (χ2v) is 4.38. The standard InChI is InChI=1S/C14H21NO2/c1-11-6-8-13(9-7-11)12(2)15-14(17)5-3-4-10-16/h6-9,12,16H,3-5,10H2,1-2H3,(H,15,17)/t12-/m1/s1. The van der Waals surface area contributed by atoms with Crippen LogP contribution in [-0.2, 0) is 4.79 Å². The van der Waals surface area contributed by atoms with Gasteiger partial charge in [0, 0.05) is 13.0 Å². The van der Waals surface area contributed by atoms with Gasteiger partial charge in [0.25, 0.3) is 0 Å². The fraction of sp³-hybridized carbons (Fsp3) is 0.500. The van der Waals surface area contributed by atoms with E-state index in [0.717, 1.165) is 12.0 Å². The number of rotatable bonds is 6. The molecule has 0 spiro atoms. The predicted molar refractivity (Wildman–Crippen MR) is 68.7 cm³/mol. The summed E-state index contributed by atoms with van der Waals surface area (Å²) >= 11 is 0. The van der Waals surface area contributed by atoms with Crippen LogP contribution in [0.1, 0.15) is 43.4 Å². The van der Waals surface area contributed by atoms with E-state index in [0.29, 0.717) is 12.8 Å². The van der Waals surface area contributed by atoms with Gasteiger partial charge in [-0.2, -0.15) is 0 Å². The lowest BCUT2D eigenvalue weighted by Gasteiger charge is -2.14. The fourth-order valence-corrected chi connectivity index (χ4v) is 1.65. The van der Waals surface area contributed by atoms with Crippen molar-refractivity contribution in [2.24, 2.45) is 0 Å². The molecular weight excluding hydrogens is 214 g/mol. The molecule has 0 saturated carbocycles. The van der Waals surface area contributed by atoms with E-state index in [1.54, 1.807) is 0 Å². The van der Waals surface area contributed by atoms with Crippen molar-refractivity contribution in [1.29, 1.82) is 0 Å². The van der Waals surface area contributed by atoms with E-state index in [1.807, 2.05) is 38.1 Å². The van der Waals surface area contributed by atoms with Crippen molar-refractivity contribution < 1.29 is 9.90 Å². The minimum atomic E-state index is 0.0391. The van der Waals surface area contributed by atoms with E-state index in [-0.39, 0.29) is 18.6 Å². The number of aliphatic hydroxyl groups is 1. The third kappa shape index (κ3) is 5.00. The average Bonchev–Trinajstić information content (AvgIpc) is 2.30. The summed E-state index contributed by atoms with van der Waals surface area (Å²) in [6.07, 6.45) is 1.91. The smallest absolute Gasteiger partial charge is 0.220 e. The number of hydrogen-bond acceptors (Lipinski definition) is 2. The molecule has 94 valence electrons. The number of benzene rings is 1. The fourth-order valence-electron chi connectivity index (χ4n) is 1.65. The molecule has 2 N–H and O–H groups in total. The number of unbranched alkanes of at least 4 members (excludes halogenated alkanes) is 1. The average molecular weight is 235 g/mol. The lowest BCUT2D eigenvalue weighted by atomic mass is 10.1. The summed E-state index contributed by atoms with van der Waals surface area (Å²) < 4.78 is 0. The van der Waals surface area contributed by atoms with Crippen LogP contribution in [0.25, 0.3) is 0 Å². The monoisotopic (exact) mass is 235 g/mol. The Morgan fingerprint density at radius 3 is 2.53 bits per heavy atom. The molecule has 1 atom stereocenters. The Labute approximate surface area is 103 Å². The number of carbonyl (C=O) groups is 1. The van der Waals surface area contributed by atoms with Crippen molar-refractivity contribution >= 4 is 5.91 Å². The molecule has 0 bridgehead atoms. The van der Waals surface area contributed by atoms with E-state index in [4.69, 9.17) is 5.11 Å². The minimum Gasteiger partial charge on any atom is -0.396 e. The Morgan fingerprint density at radius 1 is 1.29 bits per heavy atom. The molecule has 0 aliphatic heterocycles. The van der Waals surface area contributed by atoms with Crippen LogP contribution in [0.15, 0.2) is 24.3 Å². The zero-order valence-corrected chi connectivity index (χ0v) is 10.6. The van der Waals surface area contributed by atoms with E-state index in [9.17, 15) is 4.79 Å². The highest BCUT2D eigenvalue weighted by atomic mass is 16.2. The summed E-state index contributed by atoms with van der Waals surface area (Å²) in [4.78, 5) is 11.6. The molecule has 1 amide bonds. The Morgan fingerprint density at radius 2 is 1.94 bits per heavy atom. The van der Waals surface area contributed by atoms with Gasteiger partial charge in [-0.1, -0.05) is 29.8 Å². The first kappa shape index (κ1) is 13.7. The zero-order valence-electron chi connectivity index (χ0n) is 10.6. The summed E-state index contributed by atoms with van der Waals surface area (Å²) in [5.41, 5.74) is 2.33. The van der Waals surface area contributed by atoms with Crippen LogP contribution >= 0.6 is 0 Å². The first-order valence-electron chi connectivity index (χ1n) is 6.10. The maximum Gasteiger partial charge on any atom is 0.220 e. The first-order valence-corrected chi connectivity index (χ1v) is 6.10. The Balaban J connectivity index is 2.40. The number of aryl methyl sites for hydroxylation is 1. The van der Waals surface area contributed by atoms with E-state index in [1.165, 1.54) is 5.56 Å². The summed E-state index contributed by atoms with van der Waals surface area (Å²) in [5.74, 6) is 0.0477. The van der Waals surface area contributed by atoms with Crippen LogP contribution < -0.4 is 5.32 Å². The van der Waals surface area contributed by atoms with Gasteiger partial charge in [0.1, 0.15) is 0 Å². The van der Waals surface area contributed by atoms with Gasteiger partial charge < -0.3 is 10.4 Å². The molecule has 1 rings (SSSR count). The second kappa shape index (κ2) is 7.07. The lowest BCUT2D eigenvalue weighted by molar-refractivity contribution is -0.121. The van der Waals surface area contributed by atoms with Gasteiger partial charge in [-0.25, -0.2) is 0 Å². The normalized spacial score (nSPS) is 12.2. The minimum absolute atomic E-state index is 0.0391. The molecule has 0 aliphatic carbocycles. The summed E-state index contributed by atoms with van der Waals surface area (Å²) in [6.45, 7) is 4.18. The van der Waals surface area contributed by atoms with Crippen molar-refractivity contribution in [3.8, 4) is 0 Å². The van der Waals surface area contributed by atoms with Gasteiger partial charge in [-0.3, -0.25) is 4.79 Å². The second-order valence-electron chi connectivity index (χ2n) is 4.38. The van der Waals surface area contributed by atoms with Gasteiger partial charge in [-0.05, 0) is 32.3 Å². The Kier molecular flexibility index (Phi) is 5.70. The van der Waals surface area contributed by atoms with Crippen LogP contribution in [0.4, 0.5) is 0 Å². The van der Waals surface area contributed by atoms with Crippen LogP contribution in [0.2, 0.25) is 0 Å². The number of carbonyl (C=O) groups excluding carboxylic acids is 1. The molecule has 0 aromatic heterocycles. The van der Waals surface area contributed by atoms with Crippen molar-refractivity contribution in [1.82, 2.24) is 5.32 Å². The highest BCUT2D eigenvalue weighted by Gasteiger charge is 2.08. The summed E-state index contributed by atoms with van der Waals surface area (Å²) in [5, 5.41) is 11.6. The van der Waals surface area contributed by atoms with Crippen molar-refractivity contribution in [2.75, 3.05) is 6.61 Å². The quantitative estimate of drug-likeness (QED) is 0.743. The van der Waals surface area contributed by atoms with Crippen LogP contribution in [0.5, 0.6) is 0 Å². The van der Waals surface area contributed by atoms with Gasteiger partial charge in [-0.15, -0.1) is 0 Å². The van der Waals surface area contributed by atoms with E-state index < -0.39 is 0 Å². The summed E-state index contributed by atoms with van der Waals surface area (Å²) in [6, 6.07) is 8.20. The molecule has 1 aromatic carbocycles. The largest absolute Gasteiger partial charge is 0.396 e. The number of amides is 1. The van der Waals surface area contributed by atoms with E-state index >= 15 is 0 Å². The molecule has 0 heterocycles. The third-order valence-electron chi connectivity index (χ3n) is 2.77. The SMILES string of the molecule is Cc1ccc([C@@H](C)NC(=O)CCCCO)cc1. The molecule has 0 saturated heterocycles. The molecule has 0 radical (unpaired) electrons. The van der Waals surface area contributed by atoms with Crippen LogP contribution in [0.3, 0.4) is 0 Å². The Bertz CT molecular complexity index is 346. The highest BCUT2D eigenvalue weighted by molar-refractivity contribution is 5.76. The molecule has 0 fully saturated rings. The van der Waals surface area contributed by atoms with Gasteiger partial charge >= 0.3 is 0 Å². The molecular formula is C14H21NO2. The third-order valence-corrected chi connectivity index (χ3v) is 2.77. The maximum absolute atomic E-state index is 11.6. The van der Waals surface area contributed by atoms with Crippen molar-refractivity contribution in [3.05, 3.63) is 35.4 Å².